The highest BCUT2D eigenvalue weighted by molar-refractivity contribution is 5.74. The smallest absolute Gasteiger partial charge is 0.119 e. The van der Waals surface area contributed by atoms with Gasteiger partial charge in [0.05, 0.1) is 30.5 Å². The Hall–Kier alpha value is -2.53. The summed E-state index contributed by atoms with van der Waals surface area (Å²) in [6, 6.07) is 15.2. The molecule has 1 heterocycles. The molecule has 0 radical (unpaired) electrons. The Morgan fingerprint density at radius 3 is 2.48 bits per heavy atom. The lowest BCUT2D eigenvalue weighted by atomic mass is 10.3. The van der Waals surface area contributed by atoms with E-state index in [0.29, 0.717) is 18.9 Å². The van der Waals surface area contributed by atoms with Crippen molar-refractivity contribution in [3.05, 3.63) is 54.9 Å². The van der Waals surface area contributed by atoms with Crippen LogP contribution in [0.25, 0.3) is 11.0 Å². The Morgan fingerprint density at radius 2 is 1.74 bits per heavy atom. The lowest BCUT2D eigenvalue weighted by Crippen LogP contribution is -2.23. The van der Waals surface area contributed by atoms with E-state index in [1.807, 2.05) is 60.0 Å². The fourth-order valence-corrected chi connectivity index (χ4v) is 2.43. The van der Waals surface area contributed by atoms with E-state index in [4.69, 9.17) is 9.47 Å². The molecule has 0 spiro atoms. The molecule has 5 nitrogen and oxygen atoms in total. The second-order valence-corrected chi connectivity index (χ2v) is 5.25. The number of rotatable bonds is 7. The van der Waals surface area contributed by atoms with Crippen molar-refractivity contribution >= 4 is 11.0 Å². The van der Waals surface area contributed by atoms with Crippen LogP contribution < -0.4 is 9.47 Å². The lowest BCUT2D eigenvalue weighted by Gasteiger charge is -2.14. The van der Waals surface area contributed by atoms with Crippen LogP contribution in [0, 0.1) is 0 Å². The van der Waals surface area contributed by atoms with Crippen molar-refractivity contribution in [3.8, 4) is 11.5 Å². The van der Waals surface area contributed by atoms with E-state index < -0.39 is 6.10 Å². The number of fused-ring (bicyclic) bond motifs is 1. The highest BCUT2D eigenvalue weighted by Crippen LogP contribution is 2.18. The third-order valence-electron chi connectivity index (χ3n) is 3.51. The molecule has 0 saturated carbocycles. The van der Waals surface area contributed by atoms with Crippen LogP contribution in [0.5, 0.6) is 11.5 Å². The molecule has 1 N–H and O–H groups in total. The fraction of sp³-hybridized carbons (Fsp3) is 0.278. The van der Waals surface area contributed by atoms with Crippen molar-refractivity contribution in [3.63, 3.8) is 0 Å². The summed E-state index contributed by atoms with van der Waals surface area (Å²) in [5.74, 6) is 1.52. The summed E-state index contributed by atoms with van der Waals surface area (Å²) in [4.78, 5) is 4.31. The summed E-state index contributed by atoms with van der Waals surface area (Å²) in [5.41, 5.74) is 1.93. The molecule has 1 atom stereocenters. The molecule has 1 aromatic heterocycles. The Balaban J connectivity index is 1.56. The van der Waals surface area contributed by atoms with Crippen LogP contribution in [0.15, 0.2) is 54.9 Å². The zero-order valence-electron chi connectivity index (χ0n) is 13.1. The van der Waals surface area contributed by atoms with Crippen LogP contribution in [0.4, 0.5) is 0 Å². The van der Waals surface area contributed by atoms with Crippen LogP contribution in [0.1, 0.15) is 6.92 Å². The molecular formula is C18H20N2O3. The minimum absolute atomic E-state index is 0.223. The normalized spacial score (nSPS) is 12.3. The molecule has 0 aliphatic rings. The number of imidazole rings is 1. The number of hydrogen-bond donors (Lipinski definition) is 1. The number of benzene rings is 2. The maximum absolute atomic E-state index is 10.2. The number of aliphatic hydroxyl groups is 1. The highest BCUT2D eigenvalue weighted by atomic mass is 16.5. The molecule has 120 valence electrons. The van der Waals surface area contributed by atoms with Gasteiger partial charge in [-0.3, -0.25) is 0 Å². The molecular weight excluding hydrogens is 292 g/mol. The Bertz CT molecular complexity index is 752. The first-order chi connectivity index (χ1) is 11.3. The second kappa shape index (κ2) is 7.15. The number of ether oxygens (including phenoxy) is 2. The van der Waals surface area contributed by atoms with Gasteiger partial charge in [0.25, 0.3) is 0 Å². The number of para-hydroxylation sites is 2. The van der Waals surface area contributed by atoms with Crippen molar-refractivity contribution in [2.45, 2.75) is 19.6 Å². The van der Waals surface area contributed by atoms with Gasteiger partial charge < -0.3 is 19.1 Å². The van der Waals surface area contributed by atoms with Gasteiger partial charge >= 0.3 is 0 Å². The SMILES string of the molecule is CCOc1ccc(OCC(O)Cn2cnc3ccccc32)cc1. The van der Waals surface area contributed by atoms with Gasteiger partial charge in [-0.25, -0.2) is 4.98 Å². The van der Waals surface area contributed by atoms with Gasteiger partial charge in [0.2, 0.25) is 0 Å². The van der Waals surface area contributed by atoms with Crippen LogP contribution in [0.2, 0.25) is 0 Å². The van der Waals surface area contributed by atoms with Crippen molar-refractivity contribution in [1.29, 1.82) is 0 Å². The summed E-state index contributed by atoms with van der Waals surface area (Å²) < 4.78 is 12.9. The Morgan fingerprint density at radius 1 is 1.04 bits per heavy atom. The molecule has 0 aliphatic heterocycles. The first-order valence-electron chi connectivity index (χ1n) is 7.70. The molecule has 5 heteroatoms. The van der Waals surface area contributed by atoms with Crippen LogP contribution in [-0.4, -0.2) is 34.0 Å². The predicted molar refractivity (Wildman–Crippen MR) is 88.8 cm³/mol. The number of nitrogens with zero attached hydrogens (tertiary/aromatic N) is 2. The molecule has 2 aromatic carbocycles. The topological polar surface area (TPSA) is 56.5 Å². The second-order valence-electron chi connectivity index (χ2n) is 5.25. The summed E-state index contributed by atoms with van der Waals surface area (Å²) >= 11 is 0. The zero-order chi connectivity index (χ0) is 16.1. The predicted octanol–water partition coefficient (Wildman–Crippen LogP) is 2.87. The van der Waals surface area contributed by atoms with Gasteiger partial charge in [0.15, 0.2) is 0 Å². The van der Waals surface area contributed by atoms with Crippen molar-refractivity contribution < 1.29 is 14.6 Å². The molecule has 1 unspecified atom stereocenters. The summed E-state index contributed by atoms with van der Waals surface area (Å²) in [7, 11) is 0. The Labute approximate surface area is 135 Å². The van der Waals surface area contributed by atoms with Gasteiger partial charge in [0.1, 0.15) is 24.2 Å². The first kappa shape index (κ1) is 15.4. The summed E-state index contributed by atoms with van der Waals surface area (Å²) in [5, 5.41) is 10.2. The van der Waals surface area contributed by atoms with E-state index in [-0.39, 0.29) is 6.61 Å². The van der Waals surface area contributed by atoms with E-state index in [1.165, 1.54) is 0 Å². The van der Waals surface area contributed by atoms with Crippen molar-refractivity contribution in [2.24, 2.45) is 0 Å². The first-order valence-corrected chi connectivity index (χ1v) is 7.70. The lowest BCUT2D eigenvalue weighted by molar-refractivity contribution is 0.0934. The van der Waals surface area contributed by atoms with E-state index in [1.54, 1.807) is 6.33 Å². The average molecular weight is 312 g/mol. The molecule has 0 saturated heterocycles. The third-order valence-corrected chi connectivity index (χ3v) is 3.51. The average Bonchev–Trinajstić information content (AvgIpc) is 2.98. The maximum atomic E-state index is 10.2. The summed E-state index contributed by atoms with van der Waals surface area (Å²) in [6.45, 7) is 3.25. The van der Waals surface area contributed by atoms with Crippen LogP contribution in [0.3, 0.4) is 0 Å². The van der Waals surface area contributed by atoms with E-state index >= 15 is 0 Å². The third kappa shape index (κ3) is 3.81. The fourth-order valence-electron chi connectivity index (χ4n) is 2.43. The van der Waals surface area contributed by atoms with Gasteiger partial charge in [-0.1, -0.05) is 12.1 Å². The number of aliphatic hydroxyl groups excluding tert-OH is 1. The molecule has 3 aromatic rings. The minimum Gasteiger partial charge on any atom is -0.494 e. The van der Waals surface area contributed by atoms with Gasteiger partial charge in [-0.2, -0.15) is 0 Å². The molecule has 0 aliphatic carbocycles. The molecule has 0 bridgehead atoms. The standard InChI is InChI=1S/C18H20N2O3/c1-2-22-15-7-9-16(10-8-15)23-12-14(21)11-20-13-19-17-5-3-4-6-18(17)20/h3-10,13-14,21H,2,11-12H2,1H3. The van der Waals surface area contributed by atoms with Gasteiger partial charge in [0, 0.05) is 0 Å². The highest BCUT2D eigenvalue weighted by Gasteiger charge is 2.09. The van der Waals surface area contributed by atoms with Gasteiger partial charge in [-0.15, -0.1) is 0 Å². The Kier molecular flexibility index (Phi) is 4.78. The maximum Gasteiger partial charge on any atom is 0.119 e. The molecule has 0 amide bonds. The van der Waals surface area contributed by atoms with E-state index in [2.05, 4.69) is 4.98 Å². The van der Waals surface area contributed by atoms with Crippen LogP contribution >= 0.6 is 0 Å². The van der Waals surface area contributed by atoms with Gasteiger partial charge in [-0.05, 0) is 43.3 Å². The quantitative estimate of drug-likeness (QED) is 0.729. The molecule has 23 heavy (non-hydrogen) atoms. The monoisotopic (exact) mass is 312 g/mol. The largest absolute Gasteiger partial charge is 0.494 e. The molecule has 3 rings (SSSR count). The van der Waals surface area contributed by atoms with E-state index in [0.717, 1.165) is 16.8 Å². The van der Waals surface area contributed by atoms with Crippen LogP contribution in [-0.2, 0) is 6.54 Å². The summed E-state index contributed by atoms with van der Waals surface area (Å²) in [6.07, 6.45) is 1.13. The zero-order valence-corrected chi connectivity index (χ0v) is 13.1. The number of aromatic nitrogens is 2. The minimum atomic E-state index is -0.612. The van der Waals surface area contributed by atoms with Crippen molar-refractivity contribution in [1.82, 2.24) is 9.55 Å². The van der Waals surface area contributed by atoms with E-state index in [9.17, 15) is 5.11 Å². The molecule has 0 fully saturated rings. The van der Waals surface area contributed by atoms with Crippen molar-refractivity contribution in [2.75, 3.05) is 13.2 Å². The number of hydrogen-bond acceptors (Lipinski definition) is 4.